The molecule has 0 radical (unpaired) electrons. The van der Waals surface area contributed by atoms with Gasteiger partial charge in [-0.15, -0.1) is 0 Å². The number of benzene rings is 2. The average Bonchev–Trinajstić information content (AvgIpc) is 3.08. The second kappa shape index (κ2) is 4.06. The summed E-state index contributed by atoms with van der Waals surface area (Å²) in [6.45, 7) is 0. The standard InChI is InChI=1S/C19H16Br2O/c20-14-9-5-4-8-13(14)19(22,12-6-2-1-3-7-12)17-15-10-11-16(17)18(15,17)21/h1-9,15-16,22H,10-11H2. The van der Waals surface area contributed by atoms with E-state index in [1.54, 1.807) is 0 Å². The van der Waals surface area contributed by atoms with Gasteiger partial charge in [0.1, 0.15) is 5.60 Å². The van der Waals surface area contributed by atoms with E-state index in [9.17, 15) is 5.11 Å². The lowest BCUT2D eigenvalue weighted by Gasteiger charge is -2.35. The van der Waals surface area contributed by atoms with Crippen LogP contribution in [-0.2, 0) is 5.60 Å². The molecule has 112 valence electrons. The molecular formula is C19H16Br2O. The molecule has 2 aromatic carbocycles. The molecule has 0 aromatic heterocycles. The molecule has 4 fully saturated rings. The number of fused-ring (bicyclic) bond motifs is 1. The maximum Gasteiger partial charge on any atom is 0.123 e. The summed E-state index contributed by atoms with van der Waals surface area (Å²) in [6, 6.07) is 18.3. The topological polar surface area (TPSA) is 20.2 Å². The smallest absolute Gasteiger partial charge is 0.123 e. The number of aliphatic hydroxyl groups is 1. The second-order valence-electron chi connectivity index (χ2n) is 6.88. The Hall–Kier alpha value is -0.640. The first kappa shape index (κ1) is 13.8. The lowest BCUT2D eigenvalue weighted by atomic mass is 9.75. The van der Waals surface area contributed by atoms with E-state index in [0.29, 0.717) is 11.8 Å². The van der Waals surface area contributed by atoms with Gasteiger partial charge in [0, 0.05) is 19.8 Å². The molecule has 4 aliphatic rings. The van der Waals surface area contributed by atoms with E-state index in [4.69, 9.17) is 0 Å². The van der Waals surface area contributed by atoms with Crippen molar-refractivity contribution in [3.05, 3.63) is 70.2 Å². The van der Waals surface area contributed by atoms with Gasteiger partial charge in [0.05, 0.1) is 0 Å². The van der Waals surface area contributed by atoms with Crippen molar-refractivity contribution in [2.75, 3.05) is 0 Å². The van der Waals surface area contributed by atoms with E-state index >= 15 is 0 Å². The fourth-order valence-corrected chi connectivity index (χ4v) is 7.92. The van der Waals surface area contributed by atoms with Gasteiger partial charge in [-0.3, -0.25) is 0 Å². The highest BCUT2D eigenvalue weighted by Crippen LogP contribution is 3.01. The lowest BCUT2D eigenvalue weighted by Crippen LogP contribution is -2.36. The molecule has 22 heavy (non-hydrogen) atoms. The molecule has 2 bridgehead atoms. The van der Waals surface area contributed by atoms with Crippen LogP contribution in [0.5, 0.6) is 0 Å². The predicted octanol–water partition coefficient (Wildman–Crippen LogP) is 4.86. The van der Waals surface area contributed by atoms with Gasteiger partial charge in [0.25, 0.3) is 0 Å². The first-order chi connectivity index (χ1) is 10.6. The van der Waals surface area contributed by atoms with Crippen molar-refractivity contribution in [3.63, 3.8) is 0 Å². The molecule has 0 saturated heterocycles. The highest BCUT2D eigenvalue weighted by atomic mass is 79.9. The van der Waals surface area contributed by atoms with Gasteiger partial charge < -0.3 is 5.11 Å². The normalized spacial score (nSPS) is 40.0. The van der Waals surface area contributed by atoms with E-state index in [1.165, 1.54) is 12.8 Å². The van der Waals surface area contributed by atoms with Crippen molar-refractivity contribution in [1.29, 1.82) is 0 Å². The third-order valence-electron chi connectivity index (χ3n) is 6.38. The van der Waals surface area contributed by atoms with Gasteiger partial charge in [0.15, 0.2) is 0 Å². The Bertz CT molecular complexity index is 760. The van der Waals surface area contributed by atoms with Crippen LogP contribution in [0.4, 0.5) is 0 Å². The number of rotatable bonds is 3. The van der Waals surface area contributed by atoms with E-state index in [0.717, 1.165) is 15.6 Å². The molecule has 3 unspecified atom stereocenters. The SMILES string of the molecule is OC(c1ccccc1)(c1ccccc1Br)C12C3CCC1C32Br. The summed E-state index contributed by atoms with van der Waals surface area (Å²) in [5, 5.41) is 12.1. The Balaban J connectivity index is 1.77. The molecule has 0 spiro atoms. The highest BCUT2D eigenvalue weighted by Gasteiger charge is 3.04. The van der Waals surface area contributed by atoms with Crippen molar-refractivity contribution in [3.8, 4) is 0 Å². The third-order valence-corrected chi connectivity index (χ3v) is 8.83. The maximum atomic E-state index is 12.1. The molecule has 4 saturated carbocycles. The third kappa shape index (κ3) is 1.21. The van der Waals surface area contributed by atoms with Crippen LogP contribution in [0, 0.1) is 17.3 Å². The summed E-state index contributed by atoms with van der Waals surface area (Å²) < 4.78 is 1.16. The van der Waals surface area contributed by atoms with Crippen molar-refractivity contribution < 1.29 is 5.11 Å². The summed E-state index contributed by atoms with van der Waals surface area (Å²) in [5.74, 6) is 1.20. The van der Waals surface area contributed by atoms with Gasteiger partial charge in [-0.1, -0.05) is 80.4 Å². The quantitative estimate of drug-likeness (QED) is 0.704. The zero-order chi connectivity index (χ0) is 15.2. The average molecular weight is 420 g/mol. The molecule has 1 nitrogen and oxygen atoms in total. The summed E-state index contributed by atoms with van der Waals surface area (Å²) in [5.41, 5.74) is 1.06. The summed E-state index contributed by atoms with van der Waals surface area (Å²) in [4.78, 5) is 0. The summed E-state index contributed by atoms with van der Waals surface area (Å²) >= 11 is 7.66. The number of hydrogen-bond donors (Lipinski definition) is 1. The zero-order valence-electron chi connectivity index (χ0n) is 12.0. The summed E-state index contributed by atoms with van der Waals surface area (Å²) in [7, 11) is 0. The first-order valence-electron chi connectivity index (χ1n) is 7.81. The fraction of sp³-hybridized carbons (Fsp3) is 0.368. The predicted molar refractivity (Wildman–Crippen MR) is 93.9 cm³/mol. The molecule has 3 heteroatoms. The maximum absolute atomic E-state index is 12.1. The van der Waals surface area contributed by atoms with Gasteiger partial charge in [-0.05, 0) is 36.3 Å². The second-order valence-corrected chi connectivity index (χ2v) is 9.04. The number of alkyl halides is 1. The van der Waals surface area contributed by atoms with Gasteiger partial charge >= 0.3 is 0 Å². The van der Waals surface area contributed by atoms with Gasteiger partial charge in [-0.25, -0.2) is 0 Å². The molecule has 0 aliphatic heterocycles. The van der Waals surface area contributed by atoms with Crippen LogP contribution < -0.4 is 0 Å². The van der Waals surface area contributed by atoms with Gasteiger partial charge in [0.2, 0.25) is 0 Å². The number of hydrogen-bond acceptors (Lipinski definition) is 1. The van der Waals surface area contributed by atoms with Crippen LogP contribution in [0.2, 0.25) is 0 Å². The van der Waals surface area contributed by atoms with E-state index in [-0.39, 0.29) is 9.74 Å². The molecule has 4 aliphatic carbocycles. The lowest BCUT2D eigenvalue weighted by molar-refractivity contribution is 0.0140. The van der Waals surface area contributed by atoms with Crippen LogP contribution in [0.3, 0.4) is 0 Å². The van der Waals surface area contributed by atoms with E-state index in [2.05, 4.69) is 50.1 Å². The number of halogens is 2. The zero-order valence-corrected chi connectivity index (χ0v) is 15.1. The Morgan fingerprint density at radius 2 is 1.55 bits per heavy atom. The van der Waals surface area contributed by atoms with Crippen LogP contribution in [0.15, 0.2) is 59.1 Å². The molecule has 0 heterocycles. The minimum atomic E-state index is -0.927. The molecule has 2 aromatic rings. The molecular weight excluding hydrogens is 404 g/mol. The first-order valence-corrected chi connectivity index (χ1v) is 9.40. The Morgan fingerprint density at radius 3 is 2.14 bits per heavy atom. The van der Waals surface area contributed by atoms with Crippen LogP contribution in [0.25, 0.3) is 0 Å². The Kier molecular flexibility index (Phi) is 2.54. The van der Waals surface area contributed by atoms with Crippen molar-refractivity contribution in [2.45, 2.75) is 22.8 Å². The summed E-state index contributed by atoms with van der Waals surface area (Å²) in [6.07, 6.45) is 2.46. The molecule has 6 rings (SSSR count). The highest BCUT2D eigenvalue weighted by molar-refractivity contribution is 9.10. The largest absolute Gasteiger partial charge is 0.380 e. The van der Waals surface area contributed by atoms with E-state index < -0.39 is 5.60 Å². The minimum absolute atomic E-state index is 0.0226. The molecule has 0 amide bonds. The van der Waals surface area contributed by atoms with E-state index in [1.807, 2.05) is 36.4 Å². The molecule has 1 N–H and O–H groups in total. The van der Waals surface area contributed by atoms with Crippen LogP contribution >= 0.6 is 31.9 Å². The fourth-order valence-electron chi connectivity index (χ4n) is 5.55. The van der Waals surface area contributed by atoms with Crippen LogP contribution in [-0.4, -0.2) is 9.43 Å². The van der Waals surface area contributed by atoms with Gasteiger partial charge in [-0.2, -0.15) is 0 Å². The van der Waals surface area contributed by atoms with Crippen molar-refractivity contribution in [1.82, 2.24) is 0 Å². The molecule has 3 atom stereocenters. The van der Waals surface area contributed by atoms with Crippen LogP contribution in [0.1, 0.15) is 24.0 Å². The van der Waals surface area contributed by atoms with Crippen molar-refractivity contribution >= 4 is 31.9 Å². The Labute approximate surface area is 147 Å². The minimum Gasteiger partial charge on any atom is -0.380 e. The van der Waals surface area contributed by atoms with Crippen molar-refractivity contribution in [2.24, 2.45) is 17.3 Å². The Morgan fingerprint density at radius 1 is 0.955 bits per heavy atom. The monoisotopic (exact) mass is 418 g/mol.